The number of benzene rings is 1. The summed E-state index contributed by atoms with van der Waals surface area (Å²) in [6.07, 6.45) is 0. The first-order valence-electron chi connectivity index (χ1n) is 5.41. The summed E-state index contributed by atoms with van der Waals surface area (Å²) in [6, 6.07) is 7.99. The van der Waals surface area contributed by atoms with Crippen molar-refractivity contribution >= 4 is 28.1 Å². The molecule has 1 aliphatic heterocycles. The van der Waals surface area contributed by atoms with Gasteiger partial charge in [0.25, 0.3) is 0 Å². The van der Waals surface area contributed by atoms with Crippen LogP contribution in [0.5, 0.6) is 0 Å². The van der Waals surface area contributed by atoms with Crippen molar-refractivity contribution < 1.29 is 0 Å². The molecule has 2 N–H and O–H groups in total. The van der Waals surface area contributed by atoms with Crippen molar-refractivity contribution in [1.82, 2.24) is 9.88 Å². The highest BCUT2D eigenvalue weighted by molar-refractivity contribution is 7.15. The van der Waals surface area contributed by atoms with Crippen LogP contribution in [0.2, 0.25) is 5.02 Å². The lowest BCUT2D eigenvalue weighted by atomic mass is 10.2. The third-order valence-electron chi connectivity index (χ3n) is 2.85. The predicted octanol–water partition coefficient (Wildman–Crippen LogP) is 2.89. The zero-order chi connectivity index (χ0) is 11.8. The van der Waals surface area contributed by atoms with Crippen LogP contribution in [0.25, 0.3) is 0 Å². The molecule has 1 aromatic carbocycles. The van der Waals surface area contributed by atoms with E-state index in [4.69, 9.17) is 17.3 Å². The summed E-state index contributed by atoms with van der Waals surface area (Å²) >= 11 is 7.46. The van der Waals surface area contributed by atoms with Gasteiger partial charge in [-0.15, -0.1) is 11.3 Å². The summed E-state index contributed by atoms with van der Waals surface area (Å²) in [6.45, 7) is 2.78. The normalized spacial score (nSPS) is 15.1. The van der Waals surface area contributed by atoms with E-state index in [0.717, 1.165) is 30.4 Å². The molecule has 0 unspecified atom stereocenters. The van der Waals surface area contributed by atoms with Crippen molar-refractivity contribution in [3.8, 4) is 0 Å². The molecular formula is C12H12ClN3S. The standard InChI is InChI=1S/C12H12ClN3S/c13-9-3-1-8(2-4-9)5-16-6-10-11(7-16)17-12(14)15-10/h1-4H,5-7H2,(H2,14,15). The molecule has 0 atom stereocenters. The highest BCUT2D eigenvalue weighted by Crippen LogP contribution is 2.30. The zero-order valence-corrected chi connectivity index (χ0v) is 10.8. The van der Waals surface area contributed by atoms with Crippen LogP contribution in [-0.4, -0.2) is 9.88 Å². The Bertz CT molecular complexity index is 512. The number of nitrogen functional groups attached to an aromatic ring is 1. The summed E-state index contributed by atoms with van der Waals surface area (Å²) in [7, 11) is 0. The number of nitrogens with zero attached hydrogens (tertiary/aromatic N) is 2. The maximum atomic E-state index is 5.87. The first kappa shape index (κ1) is 11.0. The Balaban J connectivity index is 1.69. The SMILES string of the molecule is Nc1nc2c(s1)CN(Cc1ccc(Cl)cc1)C2. The fraction of sp³-hybridized carbons (Fsp3) is 0.250. The van der Waals surface area contributed by atoms with E-state index in [9.17, 15) is 0 Å². The highest BCUT2D eigenvalue weighted by Gasteiger charge is 2.22. The second kappa shape index (κ2) is 4.29. The van der Waals surface area contributed by atoms with E-state index < -0.39 is 0 Å². The molecule has 0 spiro atoms. The Morgan fingerprint density at radius 1 is 1.29 bits per heavy atom. The molecule has 0 amide bonds. The van der Waals surface area contributed by atoms with Gasteiger partial charge < -0.3 is 5.73 Å². The summed E-state index contributed by atoms with van der Waals surface area (Å²) < 4.78 is 0. The van der Waals surface area contributed by atoms with E-state index in [1.165, 1.54) is 10.4 Å². The zero-order valence-electron chi connectivity index (χ0n) is 9.19. The largest absolute Gasteiger partial charge is 0.375 e. The lowest BCUT2D eigenvalue weighted by molar-refractivity contribution is 0.275. The van der Waals surface area contributed by atoms with Gasteiger partial charge in [0.2, 0.25) is 0 Å². The Morgan fingerprint density at radius 3 is 2.76 bits per heavy atom. The van der Waals surface area contributed by atoms with Crippen LogP contribution in [-0.2, 0) is 19.6 Å². The summed E-state index contributed by atoms with van der Waals surface area (Å²) in [4.78, 5) is 7.99. The van der Waals surface area contributed by atoms with Crippen LogP contribution in [0.4, 0.5) is 5.13 Å². The van der Waals surface area contributed by atoms with Gasteiger partial charge in [0.1, 0.15) is 0 Å². The molecule has 88 valence electrons. The summed E-state index contributed by atoms with van der Waals surface area (Å²) in [5.74, 6) is 0. The fourth-order valence-electron chi connectivity index (χ4n) is 2.08. The van der Waals surface area contributed by atoms with Crippen molar-refractivity contribution in [2.24, 2.45) is 0 Å². The number of halogens is 1. The Labute approximate surface area is 109 Å². The van der Waals surface area contributed by atoms with Crippen LogP contribution in [0.1, 0.15) is 16.1 Å². The van der Waals surface area contributed by atoms with Gasteiger partial charge in [0.05, 0.1) is 5.69 Å². The van der Waals surface area contributed by atoms with Gasteiger partial charge in [0.15, 0.2) is 5.13 Å². The van der Waals surface area contributed by atoms with Crippen LogP contribution >= 0.6 is 22.9 Å². The summed E-state index contributed by atoms with van der Waals surface area (Å²) in [5.41, 5.74) is 8.09. The molecule has 0 bridgehead atoms. The van der Waals surface area contributed by atoms with Gasteiger partial charge in [-0.1, -0.05) is 23.7 Å². The van der Waals surface area contributed by atoms with Gasteiger partial charge >= 0.3 is 0 Å². The predicted molar refractivity (Wildman–Crippen MR) is 70.9 cm³/mol. The molecule has 3 rings (SSSR count). The first-order valence-corrected chi connectivity index (χ1v) is 6.61. The minimum absolute atomic E-state index is 0.682. The van der Waals surface area contributed by atoms with Gasteiger partial charge in [-0.2, -0.15) is 0 Å². The smallest absolute Gasteiger partial charge is 0.180 e. The van der Waals surface area contributed by atoms with Gasteiger partial charge in [0, 0.05) is 29.5 Å². The van der Waals surface area contributed by atoms with Crippen LogP contribution < -0.4 is 5.73 Å². The van der Waals surface area contributed by atoms with Crippen molar-refractivity contribution in [2.45, 2.75) is 19.6 Å². The Morgan fingerprint density at radius 2 is 2.06 bits per heavy atom. The molecule has 2 aromatic rings. The number of nitrogens with two attached hydrogens (primary N) is 1. The molecular weight excluding hydrogens is 254 g/mol. The molecule has 17 heavy (non-hydrogen) atoms. The van der Waals surface area contributed by atoms with Crippen molar-refractivity contribution in [3.05, 3.63) is 45.4 Å². The van der Waals surface area contributed by atoms with E-state index in [-0.39, 0.29) is 0 Å². The third kappa shape index (κ3) is 2.29. The van der Waals surface area contributed by atoms with Gasteiger partial charge in [-0.3, -0.25) is 4.90 Å². The number of rotatable bonds is 2. The second-order valence-electron chi connectivity index (χ2n) is 4.19. The topological polar surface area (TPSA) is 42.1 Å². The number of hydrogen-bond acceptors (Lipinski definition) is 4. The molecule has 5 heteroatoms. The fourth-order valence-corrected chi connectivity index (χ4v) is 3.09. The van der Waals surface area contributed by atoms with E-state index in [1.807, 2.05) is 12.1 Å². The van der Waals surface area contributed by atoms with Gasteiger partial charge in [-0.25, -0.2) is 4.98 Å². The quantitative estimate of drug-likeness (QED) is 0.908. The molecule has 1 aromatic heterocycles. The lowest BCUT2D eigenvalue weighted by Crippen LogP contribution is -2.15. The van der Waals surface area contributed by atoms with Crippen LogP contribution in [0.15, 0.2) is 24.3 Å². The summed E-state index contributed by atoms with van der Waals surface area (Å²) in [5, 5.41) is 1.46. The third-order valence-corrected chi connectivity index (χ3v) is 4.02. The molecule has 2 heterocycles. The lowest BCUT2D eigenvalue weighted by Gasteiger charge is -2.14. The average Bonchev–Trinajstić information content (AvgIpc) is 2.78. The maximum Gasteiger partial charge on any atom is 0.180 e. The van der Waals surface area contributed by atoms with E-state index in [0.29, 0.717) is 5.13 Å². The minimum Gasteiger partial charge on any atom is -0.375 e. The van der Waals surface area contributed by atoms with Gasteiger partial charge in [-0.05, 0) is 17.7 Å². The molecule has 0 saturated heterocycles. The van der Waals surface area contributed by atoms with E-state index in [2.05, 4.69) is 22.0 Å². The number of fused-ring (bicyclic) bond motifs is 1. The highest BCUT2D eigenvalue weighted by atomic mass is 35.5. The van der Waals surface area contributed by atoms with E-state index >= 15 is 0 Å². The van der Waals surface area contributed by atoms with Crippen LogP contribution in [0.3, 0.4) is 0 Å². The number of thiazole rings is 1. The van der Waals surface area contributed by atoms with Crippen molar-refractivity contribution in [3.63, 3.8) is 0 Å². The number of hydrogen-bond donors (Lipinski definition) is 1. The number of anilines is 1. The molecule has 0 aliphatic carbocycles. The second-order valence-corrected chi connectivity index (χ2v) is 5.75. The minimum atomic E-state index is 0.682. The molecule has 0 fully saturated rings. The van der Waals surface area contributed by atoms with Crippen molar-refractivity contribution in [2.75, 3.05) is 5.73 Å². The molecule has 1 aliphatic rings. The first-order chi connectivity index (χ1) is 8.20. The average molecular weight is 266 g/mol. The van der Waals surface area contributed by atoms with E-state index in [1.54, 1.807) is 11.3 Å². The Hall–Kier alpha value is -1.10. The molecule has 0 saturated carbocycles. The maximum absolute atomic E-state index is 5.87. The Kier molecular flexibility index (Phi) is 2.78. The van der Waals surface area contributed by atoms with Crippen LogP contribution in [0, 0.1) is 0 Å². The monoisotopic (exact) mass is 265 g/mol. The molecule has 3 nitrogen and oxygen atoms in total. The van der Waals surface area contributed by atoms with Crippen molar-refractivity contribution in [1.29, 1.82) is 0 Å². The number of aromatic nitrogens is 1. The molecule has 0 radical (unpaired) electrons.